The third-order valence-corrected chi connectivity index (χ3v) is 12.4. The maximum Gasteiger partial charge on any atom is 0.0541 e. The first-order valence-corrected chi connectivity index (χ1v) is 22.2. The minimum Gasteiger partial charge on any atom is -0.404 e. The van der Waals surface area contributed by atoms with Crippen LogP contribution in [0.1, 0.15) is 42.3 Å². The normalized spacial score (nSPS) is 11.4. The number of fused-ring (bicyclic) bond motifs is 4. The first-order chi connectivity index (χ1) is 30.5. The van der Waals surface area contributed by atoms with E-state index in [2.05, 4.69) is 199 Å². The molecule has 0 amide bonds. The van der Waals surface area contributed by atoms with Crippen molar-refractivity contribution in [2.24, 2.45) is 5.73 Å². The Morgan fingerprint density at radius 2 is 1.31 bits per heavy atom. The van der Waals surface area contributed by atoms with Gasteiger partial charge in [0.25, 0.3) is 0 Å². The third-order valence-electron chi connectivity index (χ3n) is 11.2. The van der Waals surface area contributed by atoms with Gasteiger partial charge in [-0.15, -0.1) is 11.3 Å². The molecule has 0 unspecified atom stereocenters. The van der Waals surface area contributed by atoms with Crippen LogP contribution in [-0.4, -0.2) is 25.2 Å². The zero-order valence-electron chi connectivity index (χ0n) is 36.7. The topological polar surface area (TPSA) is 55.0 Å². The number of anilines is 1. The van der Waals surface area contributed by atoms with Crippen LogP contribution in [0, 0.1) is 6.92 Å². The van der Waals surface area contributed by atoms with E-state index in [1.165, 1.54) is 87.0 Å². The fraction of sp³-hybridized carbons (Fsp3) is 0.123. The summed E-state index contributed by atoms with van der Waals surface area (Å²) < 4.78 is 3.66. The van der Waals surface area contributed by atoms with E-state index in [4.69, 9.17) is 5.73 Å². The molecule has 0 aliphatic rings. The molecule has 9 aromatic rings. The number of aryl methyl sites for hydroxylation is 1. The highest BCUT2D eigenvalue weighted by Crippen LogP contribution is 2.41. The predicted octanol–water partition coefficient (Wildman–Crippen LogP) is 15.3. The Morgan fingerprint density at radius 1 is 0.661 bits per heavy atom. The van der Waals surface area contributed by atoms with Crippen molar-refractivity contribution < 1.29 is 0 Å². The van der Waals surface area contributed by atoms with Gasteiger partial charge in [-0.3, -0.25) is 0 Å². The van der Waals surface area contributed by atoms with Gasteiger partial charge in [0.05, 0.1) is 11.0 Å². The maximum absolute atomic E-state index is 5.76. The van der Waals surface area contributed by atoms with E-state index in [1.54, 1.807) is 6.20 Å². The lowest BCUT2D eigenvalue weighted by molar-refractivity contribution is 0.930. The van der Waals surface area contributed by atoms with E-state index in [9.17, 15) is 0 Å². The fourth-order valence-electron chi connectivity index (χ4n) is 8.23. The molecular weight excluding hydrogens is 773 g/mol. The Kier molecular flexibility index (Phi) is 14.0. The number of aromatic nitrogens is 1. The molecule has 4 N–H and O–H groups in total. The molecule has 0 aliphatic heterocycles. The van der Waals surface area contributed by atoms with Gasteiger partial charge in [0.1, 0.15) is 0 Å². The van der Waals surface area contributed by atoms with Crippen molar-refractivity contribution in [1.29, 1.82) is 0 Å². The van der Waals surface area contributed by atoms with Gasteiger partial charge in [-0.25, -0.2) is 0 Å². The summed E-state index contributed by atoms with van der Waals surface area (Å²) in [6, 6.07) is 56.5. The number of benzene rings is 7. The predicted molar refractivity (Wildman–Crippen MR) is 275 cm³/mol. The Morgan fingerprint density at radius 3 is 2.02 bits per heavy atom. The lowest BCUT2D eigenvalue weighted by Crippen LogP contribution is -2.10. The fourth-order valence-corrected chi connectivity index (χ4v) is 9.54. The first kappa shape index (κ1) is 43.2. The number of thiophene rings is 1. The Hall–Kier alpha value is -6.92. The average Bonchev–Trinajstić information content (AvgIpc) is 3.86. The van der Waals surface area contributed by atoms with Gasteiger partial charge in [0, 0.05) is 56.3 Å². The Balaban J connectivity index is 0.000000186. The van der Waals surface area contributed by atoms with E-state index in [-0.39, 0.29) is 0 Å². The summed E-state index contributed by atoms with van der Waals surface area (Å²) in [5.74, 6) is 0. The lowest BCUT2D eigenvalue weighted by Gasteiger charge is -2.14. The van der Waals surface area contributed by atoms with Crippen molar-refractivity contribution in [3.05, 3.63) is 198 Å². The number of nitrogens with zero attached hydrogens (tertiary/aromatic N) is 1. The van der Waals surface area contributed by atoms with Crippen LogP contribution in [0.15, 0.2) is 177 Å². The summed E-state index contributed by atoms with van der Waals surface area (Å²) in [6.45, 7) is 13.0. The molecule has 0 atom stereocenters. The van der Waals surface area contributed by atoms with E-state index >= 15 is 0 Å². The van der Waals surface area contributed by atoms with Gasteiger partial charge in [0.2, 0.25) is 0 Å². The largest absolute Gasteiger partial charge is 0.404 e. The second-order valence-electron chi connectivity index (χ2n) is 14.8. The molecule has 0 aliphatic carbocycles. The summed E-state index contributed by atoms with van der Waals surface area (Å²) in [5, 5.41) is 10.3. The highest BCUT2D eigenvalue weighted by Gasteiger charge is 2.15. The number of allylic oxidation sites excluding steroid dienone is 1. The van der Waals surface area contributed by atoms with Crippen LogP contribution in [0.5, 0.6) is 0 Å². The number of nitrogens with one attached hydrogen (secondary N) is 2. The SMILES string of the molecule is C=Cc1c(/C=C\C)sc2c(-c3ccc(/C(=C/N)CNC)cc3)cccc12.CC.CNc1ccc(-c2ccc3c(c2)c2ccccc2n3-c2ccccc2)cc1-c1ccccc1C. The van der Waals surface area contributed by atoms with E-state index in [0.29, 0.717) is 0 Å². The van der Waals surface area contributed by atoms with Gasteiger partial charge in [0.15, 0.2) is 0 Å². The van der Waals surface area contributed by atoms with Crippen molar-refractivity contribution in [1.82, 2.24) is 9.88 Å². The van der Waals surface area contributed by atoms with Crippen molar-refractivity contribution in [2.75, 3.05) is 26.0 Å². The molecule has 0 saturated heterocycles. The number of hydrogen-bond acceptors (Lipinski definition) is 4. The van der Waals surface area contributed by atoms with Crippen molar-refractivity contribution in [2.45, 2.75) is 27.7 Å². The van der Waals surface area contributed by atoms with Crippen LogP contribution in [-0.2, 0) is 0 Å². The van der Waals surface area contributed by atoms with Crippen LogP contribution in [0.4, 0.5) is 5.69 Å². The second kappa shape index (κ2) is 20.1. The van der Waals surface area contributed by atoms with E-state index < -0.39 is 0 Å². The van der Waals surface area contributed by atoms with Crippen molar-refractivity contribution in [3.63, 3.8) is 0 Å². The molecule has 0 radical (unpaired) electrons. The van der Waals surface area contributed by atoms with Crippen molar-refractivity contribution >= 4 is 66.6 Å². The minimum absolute atomic E-state index is 0.756. The smallest absolute Gasteiger partial charge is 0.0541 e. The molecule has 4 nitrogen and oxygen atoms in total. The second-order valence-corrected chi connectivity index (χ2v) is 15.9. The average molecular weight is 829 g/mol. The molecule has 5 heteroatoms. The van der Waals surface area contributed by atoms with Gasteiger partial charge < -0.3 is 20.9 Å². The quantitative estimate of drug-likeness (QED) is 0.129. The highest BCUT2D eigenvalue weighted by atomic mass is 32.1. The Bertz CT molecular complexity index is 3020. The van der Waals surface area contributed by atoms with Crippen LogP contribution in [0.3, 0.4) is 0 Å². The van der Waals surface area contributed by atoms with Gasteiger partial charge in [-0.1, -0.05) is 148 Å². The number of nitrogens with two attached hydrogens (primary N) is 1. The van der Waals surface area contributed by atoms with Crippen LogP contribution >= 0.6 is 11.3 Å². The number of para-hydroxylation sites is 2. The number of hydrogen-bond donors (Lipinski definition) is 3. The molecule has 0 saturated carbocycles. The van der Waals surface area contributed by atoms with Gasteiger partial charge in [-0.05, 0) is 126 Å². The molecule has 310 valence electrons. The zero-order valence-corrected chi connectivity index (χ0v) is 37.5. The summed E-state index contributed by atoms with van der Waals surface area (Å²) in [7, 11) is 3.91. The van der Waals surface area contributed by atoms with Gasteiger partial charge in [-0.2, -0.15) is 0 Å². The van der Waals surface area contributed by atoms with Crippen LogP contribution < -0.4 is 16.4 Å². The zero-order chi connectivity index (χ0) is 43.6. The van der Waals surface area contributed by atoms with Crippen LogP contribution in [0.2, 0.25) is 0 Å². The molecule has 9 rings (SSSR count). The minimum atomic E-state index is 0.756. The van der Waals surface area contributed by atoms with E-state index in [1.807, 2.05) is 52.3 Å². The molecular formula is C57H56N4S. The molecule has 2 heterocycles. The third kappa shape index (κ3) is 8.64. The van der Waals surface area contributed by atoms with E-state index in [0.717, 1.165) is 23.4 Å². The summed E-state index contributed by atoms with van der Waals surface area (Å²) >= 11 is 1.82. The number of rotatable bonds is 10. The molecule has 62 heavy (non-hydrogen) atoms. The monoisotopic (exact) mass is 828 g/mol. The molecule has 7 aromatic carbocycles. The maximum atomic E-state index is 5.76. The number of likely N-dealkylation sites (N-methyl/N-ethyl adjacent to an activating group) is 1. The summed E-state index contributed by atoms with van der Waals surface area (Å²) in [5.41, 5.74) is 22.7. The first-order valence-electron chi connectivity index (χ1n) is 21.4. The van der Waals surface area contributed by atoms with Crippen molar-refractivity contribution in [3.8, 4) is 39.1 Å². The molecule has 0 bridgehead atoms. The highest BCUT2D eigenvalue weighted by molar-refractivity contribution is 7.20. The summed E-state index contributed by atoms with van der Waals surface area (Å²) in [4.78, 5) is 1.25. The molecule has 0 fully saturated rings. The lowest BCUT2D eigenvalue weighted by atomic mass is 9.94. The molecule has 2 aromatic heterocycles. The van der Waals surface area contributed by atoms with Crippen LogP contribution in [0.25, 0.3) is 88.7 Å². The molecule has 0 spiro atoms. The standard InChI is InChI=1S/C32H26N2.C23H24N2S.C2H6/c1-22-10-6-7-13-26(22)28-20-23(16-18-30(28)33-2)24-17-19-32-29(21-24)27-14-8-9-15-31(27)34(32)25-11-4-3-5-12-25;1-4-7-22-19(5-2)21-9-6-8-20(23(21)26-22)17-12-10-16(11-13-17)18(14-24)15-25-3;1-2/h3-21,33H,1-2H3;4-14,25H,2,15,24H2,1,3H3;1-2H3/b;7-4-,18-14+;. The van der Waals surface area contributed by atoms with Gasteiger partial charge >= 0.3 is 0 Å². The summed E-state index contributed by atoms with van der Waals surface area (Å²) in [6.07, 6.45) is 7.86. The Labute approximate surface area is 371 Å².